The average Bonchev–Trinajstić information content (AvgIpc) is 2.86. The van der Waals surface area contributed by atoms with Gasteiger partial charge in [-0.25, -0.2) is 0 Å². The van der Waals surface area contributed by atoms with E-state index in [9.17, 15) is 0 Å². The molecule has 0 bridgehead atoms. The molecule has 1 aliphatic heterocycles. The fraction of sp³-hybridized carbons (Fsp3) is 0.625. The second kappa shape index (κ2) is 6.40. The predicted molar refractivity (Wildman–Crippen MR) is 79.8 cm³/mol. The van der Waals surface area contributed by atoms with Crippen LogP contribution in [0.5, 0.6) is 5.75 Å². The molecule has 2 unspecified atom stereocenters. The molecule has 2 rings (SSSR count). The van der Waals surface area contributed by atoms with Gasteiger partial charge < -0.3 is 10.1 Å². The van der Waals surface area contributed by atoms with Crippen LogP contribution in [-0.4, -0.2) is 38.2 Å². The number of hydrogen-bond donors (Lipinski definition) is 1. The van der Waals surface area contributed by atoms with Crippen LogP contribution in [-0.2, 0) is 0 Å². The van der Waals surface area contributed by atoms with Crippen LogP contribution in [0.1, 0.15) is 36.9 Å². The van der Waals surface area contributed by atoms with E-state index in [1.807, 2.05) is 7.05 Å². The number of nitrogens with one attached hydrogen (secondary N) is 1. The standard InChI is InChI=1S/C16H26N2O/c1-12-7-8-16(19-4)15(10-12)13(2)18-9-5-6-14(18)11-17-3/h7-8,10,13-14,17H,5-6,9,11H2,1-4H3. The summed E-state index contributed by atoms with van der Waals surface area (Å²) in [5.74, 6) is 1.01. The molecule has 1 fully saturated rings. The topological polar surface area (TPSA) is 24.5 Å². The summed E-state index contributed by atoms with van der Waals surface area (Å²) in [6.07, 6.45) is 2.59. The molecule has 106 valence electrons. The van der Waals surface area contributed by atoms with E-state index in [4.69, 9.17) is 4.74 Å². The molecule has 0 aromatic heterocycles. The van der Waals surface area contributed by atoms with Gasteiger partial charge in [0.15, 0.2) is 0 Å². The summed E-state index contributed by atoms with van der Waals surface area (Å²) >= 11 is 0. The molecule has 1 heterocycles. The van der Waals surface area contributed by atoms with Gasteiger partial charge in [0.05, 0.1) is 7.11 Å². The number of rotatable bonds is 5. The number of hydrogen-bond acceptors (Lipinski definition) is 3. The summed E-state index contributed by atoms with van der Waals surface area (Å²) in [4.78, 5) is 2.60. The first-order valence-corrected chi connectivity index (χ1v) is 7.22. The minimum atomic E-state index is 0.413. The molecule has 1 aromatic rings. The first kappa shape index (κ1) is 14.4. The highest BCUT2D eigenvalue weighted by atomic mass is 16.5. The lowest BCUT2D eigenvalue weighted by Gasteiger charge is -2.32. The van der Waals surface area contributed by atoms with Crippen molar-refractivity contribution in [3.63, 3.8) is 0 Å². The van der Waals surface area contributed by atoms with Gasteiger partial charge >= 0.3 is 0 Å². The molecule has 3 heteroatoms. The molecule has 2 atom stereocenters. The number of likely N-dealkylation sites (N-methyl/N-ethyl adjacent to an activating group) is 1. The maximum Gasteiger partial charge on any atom is 0.123 e. The van der Waals surface area contributed by atoms with Crippen LogP contribution in [0.3, 0.4) is 0 Å². The first-order valence-electron chi connectivity index (χ1n) is 7.22. The van der Waals surface area contributed by atoms with Crippen molar-refractivity contribution in [3.05, 3.63) is 29.3 Å². The van der Waals surface area contributed by atoms with Crippen molar-refractivity contribution < 1.29 is 4.74 Å². The Morgan fingerprint density at radius 2 is 2.26 bits per heavy atom. The monoisotopic (exact) mass is 262 g/mol. The zero-order valence-corrected chi connectivity index (χ0v) is 12.6. The summed E-state index contributed by atoms with van der Waals surface area (Å²) in [6, 6.07) is 7.52. The van der Waals surface area contributed by atoms with Gasteiger partial charge in [-0.05, 0) is 46.3 Å². The summed E-state index contributed by atoms with van der Waals surface area (Å²) in [5, 5.41) is 3.31. The predicted octanol–water partition coefficient (Wildman–Crippen LogP) is 2.75. The second-order valence-electron chi connectivity index (χ2n) is 5.51. The fourth-order valence-electron chi connectivity index (χ4n) is 3.18. The Hall–Kier alpha value is -1.06. The van der Waals surface area contributed by atoms with E-state index in [0.29, 0.717) is 12.1 Å². The molecular weight excluding hydrogens is 236 g/mol. The summed E-state index contributed by atoms with van der Waals surface area (Å²) < 4.78 is 5.53. The van der Waals surface area contributed by atoms with Crippen LogP contribution in [0.15, 0.2) is 18.2 Å². The number of methoxy groups -OCH3 is 1. The third-order valence-electron chi connectivity index (χ3n) is 4.20. The molecule has 1 aliphatic rings. The van der Waals surface area contributed by atoms with E-state index in [-0.39, 0.29) is 0 Å². The number of ether oxygens (including phenoxy) is 1. The summed E-state index contributed by atoms with van der Waals surface area (Å²) in [7, 11) is 3.80. The summed E-state index contributed by atoms with van der Waals surface area (Å²) in [6.45, 7) is 6.69. The molecule has 0 amide bonds. The third-order valence-corrected chi connectivity index (χ3v) is 4.20. The van der Waals surface area contributed by atoms with Gasteiger partial charge in [0.1, 0.15) is 5.75 Å². The van der Waals surface area contributed by atoms with Crippen molar-refractivity contribution in [1.82, 2.24) is 10.2 Å². The van der Waals surface area contributed by atoms with Crippen LogP contribution in [0, 0.1) is 6.92 Å². The van der Waals surface area contributed by atoms with Crippen molar-refractivity contribution in [2.45, 2.75) is 38.8 Å². The normalized spacial score (nSPS) is 21.6. The van der Waals surface area contributed by atoms with Gasteiger partial charge in [-0.2, -0.15) is 0 Å². The lowest BCUT2D eigenvalue weighted by Crippen LogP contribution is -2.38. The molecule has 1 saturated heterocycles. The number of benzene rings is 1. The Kier molecular flexibility index (Phi) is 4.83. The van der Waals surface area contributed by atoms with Crippen molar-refractivity contribution in [1.29, 1.82) is 0 Å². The van der Waals surface area contributed by atoms with Crippen LogP contribution in [0.2, 0.25) is 0 Å². The number of likely N-dealkylation sites (tertiary alicyclic amines) is 1. The molecule has 0 spiro atoms. The van der Waals surface area contributed by atoms with Gasteiger partial charge in [-0.3, -0.25) is 4.90 Å². The van der Waals surface area contributed by atoms with Crippen LogP contribution < -0.4 is 10.1 Å². The van der Waals surface area contributed by atoms with E-state index >= 15 is 0 Å². The maximum absolute atomic E-state index is 5.53. The molecule has 0 radical (unpaired) electrons. The first-order chi connectivity index (χ1) is 9.17. The molecule has 1 N–H and O–H groups in total. The van der Waals surface area contributed by atoms with Gasteiger partial charge in [-0.1, -0.05) is 17.7 Å². The lowest BCUT2D eigenvalue weighted by molar-refractivity contribution is 0.188. The van der Waals surface area contributed by atoms with Crippen molar-refractivity contribution >= 4 is 0 Å². The van der Waals surface area contributed by atoms with Gasteiger partial charge in [0.2, 0.25) is 0 Å². The minimum Gasteiger partial charge on any atom is -0.496 e. The van der Waals surface area contributed by atoms with E-state index in [1.54, 1.807) is 7.11 Å². The quantitative estimate of drug-likeness (QED) is 0.883. The zero-order chi connectivity index (χ0) is 13.8. The Morgan fingerprint density at radius 3 is 2.95 bits per heavy atom. The van der Waals surface area contributed by atoms with E-state index in [1.165, 1.54) is 30.5 Å². The smallest absolute Gasteiger partial charge is 0.123 e. The lowest BCUT2D eigenvalue weighted by atomic mass is 10.0. The van der Waals surface area contributed by atoms with Crippen molar-refractivity contribution in [2.24, 2.45) is 0 Å². The SMILES string of the molecule is CNCC1CCCN1C(C)c1cc(C)ccc1OC. The molecular formula is C16H26N2O. The Balaban J connectivity index is 2.23. The zero-order valence-electron chi connectivity index (χ0n) is 12.6. The van der Waals surface area contributed by atoms with Gasteiger partial charge in [-0.15, -0.1) is 0 Å². The van der Waals surface area contributed by atoms with E-state index in [2.05, 4.69) is 42.3 Å². The van der Waals surface area contributed by atoms with E-state index in [0.717, 1.165) is 12.3 Å². The highest BCUT2D eigenvalue weighted by Crippen LogP contribution is 2.34. The minimum absolute atomic E-state index is 0.413. The highest BCUT2D eigenvalue weighted by Gasteiger charge is 2.29. The number of nitrogens with zero attached hydrogens (tertiary/aromatic N) is 1. The van der Waals surface area contributed by atoms with Crippen molar-refractivity contribution in [2.75, 3.05) is 27.2 Å². The molecule has 3 nitrogen and oxygen atoms in total. The molecule has 0 saturated carbocycles. The Labute approximate surface area is 116 Å². The third kappa shape index (κ3) is 3.10. The Bertz CT molecular complexity index is 419. The Morgan fingerprint density at radius 1 is 1.47 bits per heavy atom. The number of aryl methyl sites for hydroxylation is 1. The second-order valence-corrected chi connectivity index (χ2v) is 5.51. The average molecular weight is 262 g/mol. The largest absolute Gasteiger partial charge is 0.496 e. The van der Waals surface area contributed by atoms with Crippen LogP contribution in [0.4, 0.5) is 0 Å². The van der Waals surface area contributed by atoms with E-state index < -0.39 is 0 Å². The van der Waals surface area contributed by atoms with Gasteiger partial charge in [0, 0.05) is 24.2 Å². The van der Waals surface area contributed by atoms with Crippen LogP contribution >= 0.6 is 0 Å². The molecule has 1 aromatic carbocycles. The molecule has 19 heavy (non-hydrogen) atoms. The highest BCUT2D eigenvalue weighted by molar-refractivity contribution is 5.39. The molecule has 0 aliphatic carbocycles. The maximum atomic E-state index is 5.53. The van der Waals surface area contributed by atoms with Crippen molar-refractivity contribution in [3.8, 4) is 5.75 Å². The fourth-order valence-corrected chi connectivity index (χ4v) is 3.18. The van der Waals surface area contributed by atoms with Gasteiger partial charge in [0.25, 0.3) is 0 Å². The van der Waals surface area contributed by atoms with Crippen LogP contribution in [0.25, 0.3) is 0 Å². The summed E-state index contributed by atoms with van der Waals surface area (Å²) in [5.41, 5.74) is 2.61.